The maximum Gasteiger partial charge on any atom is 0.115 e. The molecule has 78 heavy (non-hydrogen) atoms. The van der Waals surface area contributed by atoms with Crippen LogP contribution in [-0.2, 0) is 0 Å². The van der Waals surface area contributed by atoms with Crippen LogP contribution in [0.5, 0.6) is 5.75 Å². The van der Waals surface area contributed by atoms with Gasteiger partial charge in [-0.25, -0.2) is 0 Å². The monoisotopic (exact) mass is 1230 g/mol. The van der Waals surface area contributed by atoms with Crippen LogP contribution in [0, 0.1) is 0 Å². The van der Waals surface area contributed by atoms with Gasteiger partial charge in [-0.2, -0.15) is 0 Å². The zero-order valence-corrected chi connectivity index (χ0v) is 52.5. The smallest absolute Gasteiger partial charge is 0.115 e. The van der Waals surface area contributed by atoms with Gasteiger partial charge in [0, 0.05) is 58.8 Å². The molecule has 2 heterocycles. The molecule has 0 unspecified atom stereocenters. The zero-order chi connectivity index (χ0) is 58.7. The molecule has 0 aliphatic carbocycles. The molecule has 2 saturated heterocycles. The second kappa shape index (κ2) is 45.3. The van der Waals surface area contributed by atoms with E-state index in [1.165, 1.54) is 32.2 Å². The van der Waals surface area contributed by atoms with Crippen molar-refractivity contribution in [1.29, 1.82) is 0 Å². The Balaban J connectivity index is 0.000000873. The third-order valence-corrected chi connectivity index (χ3v) is 12.1. The van der Waals surface area contributed by atoms with Gasteiger partial charge in [0.15, 0.2) is 0 Å². The van der Waals surface area contributed by atoms with Crippen molar-refractivity contribution in [2.24, 2.45) is 28.7 Å². The number of phenolic OH excluding ortho intramolecular Hbond substituents is 1. The highest BCUT2D eigenvalue weighted by Gasteiger charge is 2.10. The number of nitrogens with two attached hydrogens (primary N) is 5. The number of nitrogens with one attached hydrogen (secondary N) is 3. The van der Waals surface area contributed by atoms with Crippen molar-refractivity contribution in [3.8, 4) is 5.75 Å². The minimum Gasteiger partial charge on any atom is -0.508 e. The fourth-order valence-corrected chi connectivity index (χ4v) is 6.96. The predicted octanol–water partition coefficient (Wildman–Crippen LogP) is 13.7. The fourth-order valence-electron chi connectivity index (χ4n) is 5.57. The van der Waals surface area contributed by atoms with Crippen LogP contribution in [0.1, 0.15) is 88.0 Å². The van der Waals surface area contributed by atoms with E-state index in [0.717, 1.165) is 79.4 Å². The van der Waals surface area contributed by atoms with Gasteiger partial charge in [0.2, 0.25) is 0 Å². The van der Waals surface area contributed by atoms with Gasteiger partial charge in [-0.3, -0.25) is 0 Å². The van der Waals surface area contributed by atoms with E-state index in [0.29, 0.717) is 30.0 Å². The second-order valence-electron chi connectivity index (χ2n) is 16.3. The molecule has 20 heteroatoms. The summed E-state index contributed by atoms with van der Waals surface area (Å²) >= 11 is 48.7. The number of rotatable bonds is 7. The summed E-state index contributed by atoms with van der Waals surface area (Å²) in [6.45, 7) is 7.73. The standard InChI is InChI=1S/C13H11NS.C8H9NS.C7H6ClNS.C7H7NOS.C7H7NS.C6H11NS.C5H9NS.C3H7NS.C2H5NS/c15-13(11-7-3-1-4-8-11)14-12-9-5-2-6-10-12;1-7(10)9-8-5-3-2-4-6-8;8-6-3-1-5(2-4-6)7(9)10;8-7(10)5-1-3-6(9)4-2-5;8-7(9)6-4-2-1-3-5-6;8-6-4-2-1-3-5-7-6;1-6-4-2-3-5(6)7;1-2-3(4)5;1-2(3)4/h1-10H,(H,14,15);2-6H,1H3,(H,9,10);1-4H,(H2,9,10);1-4,9H,(H2,8,10);1-5H,(H2,8,9);1-5H2,(H,7,8);2-4H2,1H3;2H2,1H3,(H2,4,5);1H3,(H2,3,4). The molecule has 8 rings (SSSR count). The van der Waals surface area contributed by atoms with Gasteiger partial charge in [-0.1, -0.05) is 244 Å². The molecule has 0 bridgehead atoms. The summed E-state index contributed by atoms with van der Waals surface area (Å²) in [5.41, 5.74) is 31.5. The lowest BCUT2D eigenvalue weighted by Crippen LogP contribution is -2.19. The number of benzene rings is 6. The number of phenols is 1. The van der Waals surface area contributed by atoms with Gasteiger partial charge in [-0.05, 0) is 113 Å². The number of nitrogens with zero attached hydrogens (tertiary/aromatic N) is 1. The van der Waals surface area contributed by atoms with Gasteiger partial charge in [0.05, 0.1) is 24.9 Å². The minimum absolute atomic E-state index is 0.222. The van der Waals surface area contributed by atoms with E-state index in [4.69, 9.17) is 131 Å². The van der Waals surface area contributed by atoms with Crippen molar-refractivity contribution in [1.82, 2.24) is 10.2 Å². The van der Waals surface area contributed by atoms with Crippen LogP contribution in [-0.4, -0.2) is 75.0 Å². The normalized spacial score (nSPS) is 11.3. The van der Waals surface area contributed by atoms with Gasteiger partial charge in [0.1, 0.15) is 25.7 Å². The number of halogens is 1. The molecule has 0 saturated carbocycles. The van der Waals surface area contributed by atoms with Crippen LogP contribution in [0.25, 0.3) is 0 Å². The SMILES string of the molecule is CC(=S)Nc1ccccc1.CC(N)=S.CCC(N)=S.CN1CCCC1=S.NC(=S)c1ccc(Cl)cc1.NC(=S)c1ccc(O)cc1.NC(=S)c1ccccc1.S=C(Nc1ccccc1)c1ccccc1.S=C1CCCCCN1. The van der Waals surface area contributed by atoms with Crippen molar-refractivity contribution < 1.29 is 5.11 Å². The Hall–Kier alpha value is -5.58. The van der Waals surface area contributed by atoms with Crippen LogP contribution < -0.4 is 44.6 Å². The first kappa shape index (κ1) is 72.4. The van der Waals surface area contributed by atoms with Crippen molar-refractivity contribution in [3.63, 3.8) is 0 Å². The summed E-state index contributed by atoms with van der Waals surface area (Å²) in [6.07, 6.45) is 8.23. The van der Waals surface area contributed by atoms with Crippen molar-refractivity contribution in [3.05, 3.63) is 197 Å². The van der Waals surface area contributed by atoms with E-state index in [1.807, 2.05) is 135 Å². The Labute approximate surface area is 516 Å². The number of hydrogen-bond donors (Lipinski definition) is 9. The molecule has 14 N–H and O–H groups in total. The third-order valence-electron chi connectivity index (χ3n) is 9.56. The van der Waals surface area contributed by atoms with Crippen molar-refractivity contribution in [2.75, 3.05) is 30.8 Å². The summed E-state index contributed by atoms with van der Waals surface area (Å²) in [6, 6.07) is 52.9. The summed E-state index contributed by atoms with van der Waals surface area (Å²) in [5.74, 6) is 0.222. The summed E-state index contributed by atoms with van der Waals surface area (Å²) in [5, 5.41) is 19.0. The lowest BCUT2D eigenvalue weighted by atomic mass is 10.2. The Morgan fingerprint density at radius 3 is 1.27 bits per heavy atom. The molecule has 2 aliphatic heterocycles. The highest BCUT2D eigenvalue weighted by Crippen LogP contribution is 2.12. The average molecular weight is 1240 g/mol. The molecule has 6 aromatic rings. The van der Waals surface area contributed by atoms with Gasteiger partial charge in [-0.15, -0.1) is 0 Å². The van der Waals surface area contributed by atoms with E-state index < -0.39 is 0 Å². The third kappa shape index (κ3) is 40.6. The Morgan fingerprint density at radius 2 is 0.923 bits per heavy atom. The first-order valence-electron chi connectivity index (χ1n) is 24.3. The molecule has 10 nitrogen and oxygen atoms in total. The first-order chi connectivity index (χ1) is 37.0. The molecule has 0 aromatic heterocycles. The van der Waals surface area contributed by atoms with Crippen LogP contribution in [0.3, 0.4) is 0 Å². The molecule has 2 aliphatic rings. The van der Waals surface area contributed by atoms with Crippen LogP contribution in [0.2, 0.25) is 5.02 Å². The number of aromatic hydroxyl groups is 1. The van der Waals surface area contributed by atoms with Gasteiger partial charge in [0.25, 0.3) is 0 Å². The van der Waals surface area contributed by atoms with E-state index >= 15 is 0 Å². The number of likely N-dealkylation sites (tertiary alicyclic amines) is 1. The number of anilines is 2. The van der Waals surface area contributed by atoms with Crippen LogP contribution in [0.4, 0.5) is 11.4 Å². The quantitative estimate of drug-likeness (QED) is 0.0686. The summed E-state index contributed by atoms with van der Waals surface area (Å²) < 4.78 is 0. The Kier molecular flexibility index (Phi) is 42.1. The topological polar surface area (TPSA) is 190 Å². The molecule has 0 atom stereocenters. The number of para-hydroxylation sites is 2. The molecular weight excluding hydrogens is 1160 g/mol. The van der Waals surface area contributed by atoms with E-state index in [1.54, 1.807) is 55.5 Å². The molecule has 416 valence electrons. The van der Waals surface area contributed by atoms with Gasteiger partial charge >= 0.3 is 0 Å². The zero-order valence-electron chi connectivity index (χ0n) is 44.4. The van der Waals surface area contributed by atoms with E-state index in [-0.39, 0.29) is 5.75 Å². The van der Waals surface area contributed by atoms with Crippen LogP contribution in [0.15, 0.2) is 170 Å². The molecule has 0 spiro atoms. The van der Waals surface area contributed by atoms with Crippen molar-refractivity contribution >= 4 is 178 Å². The molecule has 0 radical (unpaired) electrons. The highest BCUT2D eigenvalue weighted by molar-refractivity contribution is 7.82. The molecule has 6 aromatic carbocycles. The fraction of sp³-hybridized carbons (Fsp3) is 0.224. The lowest BCUT2D eigenvalue weighted by Gasteiger charge is -2.07. The van der Waals surface area contributed by atoms with Gasteiger partial charge < -0.3 is 54.6 Å². The van der Waals surface area contributed by atoms with E-state index in [9.17, 15) is 0 Å². The predicted molar refractivity (Wildman–Crippen MR) is 373 cm³/mol. The van der Waals surface area contributed by atoms with Crippen LogP contribution >= 0.6 is 122 Å². The lowest BCUT2D eigenvalue weighted by molar-refractivity contribution is 0.475. The number of thiocarbonyl (C=S) groups is 9. The largest absolute Gasteiger partial charge is 0.508 e. The second-order valence-corrected chi connectivity index (χ2v) is 21.2. The molecule has 2 fully saturated rings. The van der Waals surface area contributed by atoms with Crippen molar-refractivity contribution in [2.45, 2.75) is 65.7 Å². The highest BCUT2D eigenvalue weighted by atomic mass is 35.5. The maximum absolute atomic E-state index is 8.85. The maximum atomic E-state index is 8.85. The Bertz CT molecular complexity index is 2640. The summed E-state index contributed by atoms with van der Waals surface area (Å²) in [4.78, 5) is 8.16. The molecule has 0 amide bonds. The minimum atomic E-state index is 0.222. The first-order valence-corrected chi connectivity index (χ1v) is 28.4. The summed E-state index contributed by atoms with van der Waals surface area (Å²) in [7, 11) is 2.05. The van der Waals surface area contributed by atoms with E-state index in [2.05, 4.69) is 52.3 Å². The Morgan fingerprint density at radius 1 is 0.538 bits per heavy atom. The molecular formula is C58H72ClN9OS9. The number of hydrogen-bond acceptors (Lipinski definition) is 10. The average Bonchev–Trinajstić information content (AvgIpc) is 3.62.